The fraction of sp³-hybridized carbons (Fsp3) is 0.667. The molecule has 102 valence electrons. The summed E-state index contributed by atoms with van der Waals surface area (Å²) in [5, 5.41) is 0. The molecule has 0 aromatic carbocycles. The molecule has 0 aliphatic carbocycles. The predicted molar refractivity (Wildman–Crippen MR) is 63.1 cm³/mol. The highest BCUT2D eigenvalue weighted by Gasteiger charge is 2.01. The number of carbonyl (C=O) groups is 1. The molecule has 0 rings (SSSR count). The van der Waals surface area contributed by atoms with E-state index < -0.39 is 10.4 Å². The molecule has 2 N–H and O–H groups in total. The van der Waals surface area contributed by atoms with E-state index in [9.17, 15) is 4.79 Å². The topological polar surface area (TPSA) is 104 Å². The summed E-state index contributed by atoms with van der Waals surface area (Å²) in [5.41, 5.74) is 0.680. The molecule has 0 aromatic heterocycles. The fourth-order valence-corrected chi connectivity index (χ4v) is 0.784. The van der Waals surface area contributed by atoms with Crippen LogP contribution in [0, 0.1) is 0 Å². The third-order valence-electron chi connectivity index (χ3n) is 1.53. The average molecular weight is 269 g/mol. The van der Waals surface area contributed by atoms with Crippen molar-refractivity contribution in [2.75, 3.05) is 27.7 Å². The smallest absolute Gasteiger partial charge is 0.394 e. The summed E-state index contributed by atoms with van der Waals surface area (Å²) in [6.07, 6.45) is 2.78. The lowest BCUT2D eigenvalue weighted by Gasteiger charge is -2.06. The Balaban J connectivity index is 0. The monoisotopic (exact) mass is 269 g/mol. The molecule has 0 atom stereocenters. The lowest BCUT2D eigenvalue weighted by Crippen LogP contribution is -2.12. The summed E-state index contributed by atoms with van der Waals surface area (Å²) >= 11 is 0. The van der Waals surface area contributed by atoms with E-state index in [1.807, 2.05) is 20.2 Å². The number of hydrogen-bond donors (Lipinski definition) is 2. The van der Waals surface area contributed by atoms with Gasteiger partial charge in [-0.1, -0.05) is 6.08 Å². The van der Waals surface area contributed by atoms with Crippen LogP contribution < -0.4 is 0 Å². The Bertz CT molecular complexity index is 338. The van der Waals surface area contributed by atoms with Gasteiger partial charge in [0.05, 0.1) is 7.11 Å². The van der Waals surface area contributed by atoms with E-state index in [1.54, 1.807) is 6.92 Å². The van der Waals surface area contributed by atoms with Gasteiger partial charge in [-0.25, -0.2) is 4.79 Å². The zero-order valence-corrected chi connectivity index (χ0v) is 11.2. The van der Waals surface area contributed by atoms with Crippen molar-refractivity contribution in [2.24, 2.45) is 0 Å². The summed E-state index contributed by atoms with van der Waals surface area (Å²) in [5.74, 6) is -0.242. The fourth-order valence-electron chi connectivity index (χ4n) is 0.784. The number of carbonyl (C=O) groups excluding carboxylic acids is 1. The normalized spacial score (nSPS) is 11.8. The molecule has 0 bridgehead atoms. The van der Waals surface area contributed by atoms with Gasteiger partial charge in [-0.15, -0.1) is 0 Å². The maximum atomic E-state index is 10.9. The summed E-state index contributed by atoms with van der Waals surface area (Å²) in [4.78, 5) is 13.0. The van der Waals surface area contributed by atoms with Crippen LogP contribution in [0.2, 0.25) is 0 Å². The highest BCUT2D eigenvalue weighted by atomic mass is 32.3. The van der Waals surface area contributed by atoms with Crippen molar-refractivity contribution < 1.29 is 27.1 Å². The van der Waals surface area contributed by atoms with Gasteiger partial charge >= 0.3 is 16.4 Å². The largest absolute Gasteiger partial charge is 0.466 e. The second-order valence-electron chi connectivity index (χ2n) is 3.42. The minimum absolute atomic E-state index is 0.242. The lowest BCUT2D eigenvalue weighted by molar-refractivity contribution is -0.136. The van der Waals surface area contributed by atoms with Gasteiger partial charge in [0.25, 0.3) is 0 Å². The number of rotatable bonds is 4. The Hall–Kier alpha value is -0.960. The van der Waals surface area contributed by atoms with Gasteiger partial charge < -0.3 is 9.64 Å². The van der Waals surface area contributed by atoms with Crippen molar-refractivity contribution in [1.82, 2.24) is 4.90 Å². The van der Waals surface area contributed by atoms with Gasteiger partial charge in [0.15, 0.2) is 0 Å². The molecule has 0 saturated heterocycles. The van der Waals surface area contributed by atoms with Crippen molar-refractivity contribution in [2.45, 2.75) is 13.3 Å². The predicted octanol–water partition coefficient (Wildman–Crippen LogP) is 0.405. The Labute approximate surface area is 102 Å². The van der Waals surface area contributed by atoms with Crippen molar-refractivity contribution in [3.63, 3.8) is 0 Å². The first-order valence-electron chi connectivity index (χ1n) is 4.67. The van der Waals surface area contributed by atoms with Crippen LogP contribution in [0.3, 0.4) is 0 Å². The van der Waals surface area contributed by atoms with Gasteiger partial charge in [0, 0.05) is 12.1 Å². The Morgan fingerprint density at radius 3 is 2.06 bits per heavy atom. The van der Waals surface area contributed by atoms with E-state index in [2.05, 4.69) is 9.64 Å². The van der Waals surface area contributed by atoms with E-state index >= 15 is 0 Å². The number of methoxy groups -OCH3 is 1. The van der Waals surface area contributed by atoms with E-state index in [-0.39, 0.29) is 5.97 Å². The summed E-state index contributed by atoms with van der Waals surface area (Å²) < 4.78 is 36.1. The van der Waals surface area contributed by atoms with Crippen LogP contribution >= 0.6 is 0 Å². The molecular weight excluding hydrogens is 250 g/mol. The third-order valence-corrected chi connectivity index (χ3v) is 1.53. The standard InChI is InChI=1S/C9H17NO2.H2O4S/c1-8(9(11)12-4)6-5-7-10(2)3;1-5(2,3)4/h6H,5,7H2,1-4H3;(H2,1,2,3,4). The van der Waals surface area contributed by atoms with Crippen LogP contribution in [-0.2, 0) is 19.9 Å². The van der Waals surface area contributed by atoms with E-state index in [0.29, 0.717) is 5.57 Å². The molecule has 0 heterocycles. The molecule has 0 spiro atoms. The van der Waals surface area contributed by atoms with Gasteiger partial charge in [0.1, 0.15) is 0 Å². The van der Waals surface area contributed by atoms with Crippen LogP contribution in [0.1, 0.15) is 13.3 Å². The van der Waals surface area contributed by atoms with Gasteiger partial charge in [-0.2, -0.15) is 8.42 Å². The van der Waals surface area contributed by atoms with Crippen LogP contribution in [0.15, 0.2) is 11.6 Å². The quantitative estimate of drug-likeness (QED) is 0.432. The first-order chi connectivity index (χ1) is 7.57. The summed E-state index contributed by atoms with van der Waals surface area (Å²) in [6, 6.07) is 0. The van der Waals surface area contributed by atoms with Crippen LogP contribution in [0.4, 0.5) is 0 Å². The van der Waals surface area contributed by atoms with Crippen LogP contribution in [0.25, 0.3) is 0 Å². The molecule has 8 heteroatoms. The number of ether oxygens (including phenoxy) is 1. The molecule has 0 radical (unpaired) electrons. The van der Waals surface area contributed by atoms with Gasteiger partial charge in [-0.05, 0) is 27.4 Å². The third kappa shape index (κ3) is 21.0. The molecule has 0 unspecified atom stereocenters. The van der Waals surface area contributed by atoms with Crippen molar-refractivity contribution in [1.29, 1.82) is 0 Å². The molecule has 0 fully saturated rings. The maximum Gasteiger partial charge on any atom is 0.394 e. The lowest BCUT2D eigenvalue weighted by atomic mass is 10.2. The molecule has 0 aromatic rings. The molecule has 0 saturated carbocycles. The molecule has 7 nitrogen and oxygen atoms in total. The molecular formula is C9H19NO6S. The highest BCUT2D eigenvalue weighted by Crippen LogP contribution is 1.97. The van der Waals surface area contributed by atoms with Crippen molar-refractivity contribution in [3.8, 4) is 0 Å². The maximum absolute atomic E-state index is 10.9. The average Bonchev–Trinajstić information content (AvgIpc) is 2.13. The molecule has 0 amide bonds. The second kappa shape index (κ2) is 9.11. The Kier molecular flexibility index (Phi) is 9.86. The zero-order valence-electron chi connectivity index (χ0n) is 10.4. The number of nitrogens with zero attached hydrogens (tertiary/aromatic N) is 1. The molecule has 17 heavy (non-hydrogen) atoms. The minimum atomic E-state index is -4.67. The minimum Gasteiger partial charge on any atom is -0.466 e. The Morgan fingerprint density at radius 1 is 1.35 bits per heavy atom. The van der Waals surface area contributed by atoms with Crippen LogP contribution in [0.5, 0.6) is 0 Å². The SMILES string of the molecule is COC(=O)C(C)=CCCN(C)C.O=S(=O)(O)O. The van der Waals surface area contributed by atoms with E-state index in [4.69, 9.17) is 17.5 Å². The second-order valence-corrected chi connectivity index (χ2v) is 4.31. The van der Waals surface area contributed by atoms with Crippen molar-refractivity contribution >= 4 is 16.4 Å². The first-order valence-corrected chi connectivity index (χ1v) is 6.07. The van der Waals surface area contributed by atoms with Gasteiger partial charge in [-0.3, -0.25) is 9.11 Å². The van der Waals surface area contributed by atoms with E-state index in [0.717, 1.165) is 13.0 Å². The number of esters is 1. The molecule has 0 aliphatic rings. The summed E-state index contributed by atoms with van der Waals surface area (Å²) in [7, 11) is 0.730. The van der Waals surface area contributed by atoms with Crippen LogP contribution in [-0.4, -0.2) is 56.1 Å². The van der Waals surface area contributed by atoms with E-state index in [1.165, 1.54) is 7.11 Å². The molecule has 0 aliphatic heterocycles. The summed E-state index contributed by atoms with van der Waals surface area (Å²) in [6.45, 7) is 2.72. The van der Waals surface area contributed by atoms with Gasteiger partial charge in [0.2, 0.25) is 0 Å². The first kappa shape index (κ1) is 18.4. The highest BCUT2D eigenvalue weighted by molar-refractivity contribution is 7.79. The Morgan fingerprint density at radius 2 is 1.76 bits per heavy atom. The zero-order chi connectivity index (χ0) is 14.1. The van der Waals surface area contributed by atoms with Crippen molar-refractivity contribution in [3.05, 3.63) is 11.6 Å². The number of hydrogen-bond acceptors (Lipinski definition) is 5.